The third-order valence-electron chi connectivity index (χ3n) is 3.55. The molecule has 1 fully saturated rings. The fraction of sp³-hybridized carbons (Fsp3) is 0.857. The van der Waals surface area contributed by atoms with Gasteiger partial charge < -0.3 is 15.5 Å². The van der Waals surface area contributed by atoms with Crippen LogP contribution in [0.4, 0.5) is 0 Å². The summed E-state index contributed by atoms with van der Waals surface area (Å²) >= 11 is 0. The first kappa shape index (κ1) is 19.2. The maximum atomic E-state index is 12.0. The Bertz CT molecular complexity index is 292. The molecule has 1 atom stereocenters. The molecule has 0 aromatic heterocycles. The minimum absolute atomic E-state index is 0. The summed E-state index contributed by atoms with van der Waals surface area (Å²) in [5.41, 5.74) is 0. The SMILES string of the molecule is CNCC(C)C(=O)NCCC(=O)N1CCCCCC1.Cl. The molecule has 1 aliphatic heterocycles. The van der Waals surface area contributed by atoms with Gasteiger partial charge in [0.15, 0.2) is 0 Å². The Kier molecular flexibility index (Phi) is 10.5. The second kappa shape index (κ2) is 10.9. The van der Waals surface area contributed by atoms with Gasteiger partial charge in [0, 0.05) is 38.5 Å². The van der Waals surface area contributed by atoms with Gasteiger partial charge in [-0.2, -0.15) is 0 Å². The van der Waals surface area contributed by atoms with Crippen LogP contribution >= 0.6 is 12.4 Å². The maximum Gasteiger partial charge on any atom is 0.224 e. The lowest BCUT2D eigenvalue weighted by Gasteiger charge is -2.20. The van der Waals surface area contributed by atoms with Crippen LogP contribution in [0.3, 0.4) is 0 Å². The van der Waals surface area contributed by atoms with Gasteiger partial charge in [-0.1, -0.05) is 19.8 Å². The van der Waals surface area contributed by atoms with Gasteiger partial charge in [0.2, 0.25) is 11.8 Å². The van der Waals surface area contributed by atoms with Crippen molar-refractivity contribution in [2.45, 2.75) is 39.0 Å². The first-order valence-electron chi connectivity index (χ1n) is 7.35. The van der Waals surface area contributed by atoms with Gasteiger partial charge in [-0.05, 0) is 19.9 Å². The molecule has 1 rings (SSSR count). The minimum Gasteiger partial charge on any atom is -0.355 e. The van der Waals surface area contributed by atoms with Crippen LogP contribution in [0.25, 0.3) is 0 Å². The Morgan fingerprint density at radius 1 is 1.15 bits per heavy atom. The summed E-state index contributed by atoms with van der Waals surface area (Å²) in [7, 11) is 1.83. The lowest BCUT2D eigenvalue weighted by atomic mass is 10.1. The van der Waals surface area contributed by atoms with Crippen molar-refractivity contribution >= 4 is 24.2 Å². The third-order valence-corrected chi connectivity index (χ3v) is 3.55. The molecule has 0 radical (unpaired) electrons. The molecule has 0 aromatic rings. The smallest absolute Gasteiger partial charge is 0.224 e. The van der Waals surface area contributed by atoms with E-state index in [-0.39, 0.29) is 30.1 Å². The number of hydrogen-bond donors (Lipinski definition) is 2. The molecular formula is C14H28ClN3O2. The molecule has 6 heteroatoms. The Morgan fingerprint density at radius 2 is 1.75 bits per heavy atom. The molecule has 0 aromatic carbocycles. The molecule has 1 unspecified atom stereocenters. The average molecular weight is 306 g/mol. The van der Waals surface area contributed by atoms with Crippen molar-refractivity contribution in [2.75, 3.05) is 33.2 Å². The summed E-state index contributed by atoms with van der Waals surface area (Å²) in [4.78, 5) is 25.6. The predicted octanol–water partition coefficient (Wildman–Crippen LogP) is 1.17. The van der Waals surface area contributed by atoms with E-state index in [1.807, 2.05) is 18.9 Å². The Morgan fingerprint density at radius 3 is 2.30 bits per heavy atom. The van der Waals surface area contributed by atoms with Crippen molar-refractivity contribution in [3.05, 3.63) is 0 Å². The Labute approximate surface area is 128 Å². The van der Waals surface area contributed by atoms with E-state index in [4.69, 9.17) is 0 Å². The minimum atomic E-state index is -0.0571. The van der Waals surface area contributed by atoms with Gasteiger partial charge in [-0.25, -0.2) is 0 Å². The molecule has 1 aliphatic rings. The molecule has 1 saturated heterocycles. The maximum absolute atomic E-state index is 12.0. The number of amides is 2. The summed E-state index contributed by atoms with van der Waals surface area (Å²) in [6.45, 7) is 4.74. The van der Waals surface area contributed by atoms with Crippen LogP contribution in [0.2, 0.25) is 0 Å². The van der Waals surface area contributed by atoms with E-state index in [1.165, 1.54) is 12.8 Å². The van der Waals surface area contributed by atoms with Crippen LogP contribution in [-0.4, -0.2) is 49.9 Å². The number of halogens is 1. The topological polar surface area (TPSA) is 61.4 Å². The van der Waals surface area contributed by atoms with Crippen LogP contribution in [0.1, 0.15) is 39.0 Å². The monoisotopic (exact) mass is 305 g/mol. The van der Waals surface area contributed by atoms with Gasteiger partial charge in [-0.3, -0.25) is 9.59 Å². The first-order chi connectivity index (χ1) is 9.15. The van der Waals surface area contributed by atoms with Crippen LogP contribution < -0.4 is 10.6 Å². The highest BCUT2D eigenvalue weighted by atomic mass is 35.5. The van der Waals surface area contributed by atoms with Gasteiger partial charge in [0.1, 0.15) is 0 Å². The van der Waals surface area contributed by atoms with Crippen LogP contribution in [0.15, 0.2) is 0 Å². The van der Waals surface area contributed by atoms with E-state index in [1.54, 1.807) is 0 Å². The van der Waals surface area contributed by atoms with Crippen molar-refractivity contribution in [3.63, 3.8) is 0 Å². The van der Waals surface area contributed by atoms with Gasteiger partial charge in [0.05, 0.1) is 0 Å². The van der Waals surface area contributed by atoms with E-state index in [9.17, 15) is 9.59 Å². The number of rotatable bonds is 6. The summed E-state index contributed by atoms with van der Waals surface area (Å²) in [5, 5.41) is 5.80. The van der Waals surface area contributed by atoms with E-state index >= 15 is 0 Å². The molecule has 0 aliphatic carbocycles. The zero-order chi connectivity index (χ0) is 14.1. The van der Waals surface area contributed by atoms with Crippen molar-refractivity contribution in [3.8, 4) is 0 Å². The molecule has 0 saturated carbocycles. The van der Waals surface area contributed by atoms with Crippen molar-refractivity contribution < 1.29 is 9.59 Å². The Balaban J connectivity index is 0.00000361. The molecule has 118 valence electrons. The normalized spacial score (nSPS) is 16.8. The largest absolute Gasteiger partial charge is 0.355 e. The standard InChI is InChI=1S/C14H27N3O2.ClH/c1-12(11-15-2)14(19)16-8-7-13(18)17-9-5-3-4-6-10-17;/h12,15H,3-11H2,1-2H3,(H,16,19);1H. The summed E-state index contributed by atoms with van der Waals surface area (Å²) < 4.78 is 0. The lowest BCUT2D eigenvalue weighted by molar-refractivity contribution is -0.131. The number of carbonyl (C=O) groups is 2. The van der Waals surface area contributed by atoms with Crippen molar-refractivity contribution in [1.82, 2.24) is 15.5 Å². The molecule has 1 heterocycles. The highest BCUT2D eigenvalue weighted by Crippen LogP contribution is 2.10. The number of nitrogens with one attached hydrogen (secondary N) is 2. The predicted molar refractivity (Wildman–Crippen MR) is 83.0 cm³/mol. The van der Waals surface area contributed by atoms with E-state index in [0.29, 0.717) is 19.5 Å². The molecule has 2 N–H and O–H groups in total. The third kappa shape index (κ3) is 7.10. The Hall–Kier alpha value is -0.810. The van der Waals surface area contributed by atoms with E-state index < -0.39 is 0 Å². The van der Waals surface area contributed by atoms with Gasteiger partial charge >= 0.3 is 0 Å². The van der Waals surface area contributed by atoms with Gasteiger partial charge in [0.25, 0.3) is 0 Å². The second-order valence-corrected chi connectivity index (χ2v) is 5.29. The molecule has 0 spiro atoms. The van der Waals surface area contributed by atoms with E-state index in [2.05, 4.69) is 10.6 Å². The zero-order valence-corrected chi connectivity index (χ0v) is 13.4. The average Bonchev–Trinajstić information content (AvgIpc) is 2.67. The fourth-order valence-corrected chi connectivity index (χ4v) is 2.34. The molecule has 20 heavy (non-hydrogen) atoms. The summed E-state index contributed by atoms with van der Waals surface area (Å²) in [6, 6.07) is 0. The number of carbonyl (C=O) groups excluding carboxylic acids is 2. The number of hydrogen-bond acceptors (Lipinski definition) is 3. The number of likely N-dealkylation sites (tertiary alicyclic amines) is 1. The van der Waals surface area contributed by atoms with E-state index in [0.717, 1.165) is 25.9 Å². The fourth-order valence-electron chi connectivity index (χ4n) is 2.34. The number of nitrogens with zero attached hydrogens (tertiary/aromatic N) is 1. The van der Waals surface area contributed by atoms with Gasteiger partial charge in [-0.15, -0.1) is 12.4 Å². The molecule has 2 amide bonds. The zero-order valence-electron chi connectivity index (χ0n) is 12.6. The molecule has 0 bridgehead atoms. The van der Waals surface area contributed by atoms with Crippen molar-refractivity contribution in [1.29, 1.82) is 0 Å². The van der Waals surface area contributed by atoms with Crippen LogP contribution in [0, 0.1) is 5.92 Å². The molecular weight excluding hydrogens is 278 g/mol. The first-order valence-corrected chi connectivity index (χ1v) is 7.35. The molecule has 5 nitrogen and oxygen atoms in total. The summed E-state index contributed by atoms with van der Waals surface area (Å²) in [6.07, 6.45) is 5.08. The quantitative estimate of drug-likeness (QED) is 0.774. The second-order valence-electron chi connectivity index (χ2n) is 5.29. The lowest BCUT2D eigenvalue weighted by Crippen LogP contribution is -2.38. The highest BCUT2D eigenvalue weighted by Gasteiger charge is 2.16. The highest BCUT2D eigenvalue weighted by molar-refractivity contribution is 5.85. The van der Waals surface area contributed by atoms with Crippen molar-refractivity contribution in [2.24, 2.45) is 5.92 Å². The summed E-state index contributed by atoms with van der Waals surface area (Å²) in [5.74, 6) is 0.125. The van der Waals surface area contributed by atoms with Crippen LogP contribution in [-0.2, 0) is 9.59 Å². The van der Waals surface area contributed by atoms with Crippen LogP contribution in [0.5, 0.6) is 0 Å².